The van der Waals surface area contributed by atoms with Crippen molar-refractivity contribution in [3.8, 4) is 5.75 Å². The van der Waals surface area contributed by atoms with E-state index in [1.807, 2.05) is 0 Å². The highest BCUT2D eigenvalue weighted by Gasteiger charge is 2.41. The number of nitrogens with two attached hydrogens (primary N) is 1. The van der Waals surface area contributed by atoms with Crippen molar-refractivity contribution in [2.75, 3.05) is 19.5 Å². The third-order valence-corrected chi connectivity index (χ3v) is 2.52. The van der Waals surface area contributed by atoms with Crippen molar-refractivity contribution in [2.24, 2.45) is 0 Å². The lowest BCUT2D eigenvalue weighted by atomic mass is 10.1. The standard InChI is InChI=1S/C12H13F4NO3/c1-6-3-7(20-5-12(15,16)11(13)14)4-8(9(6)17)10(18)19-2/h3-4,11H,5,17H2,1-2H3. The van der Waals surface area contributed by atoms with Gasteiger partial charge >= 0.3 is 18.3 Å². The molecule has 112 valence electrons. The van der Waals surface area contributed by atoms with Crippen molar-refractivity contribution in [1.82, 2.24) is 0 Å². The zero-order valence-electron chi connectivity index (χ0n) is 10.8. The molecule has 0 bridgehead atoms. The summed E-state index contributed by atoms with van der Waals surface area (Å²) in [5.41, 5.74) is 6.03. The van der Waals surface area contributed by atoms with Gasteiger partial charge in [0.05, 0.1) is 12.7 Å². The topological polar surface area (TPSA) is 61.5 Å². The quantitative estimate of drug-likeness (QED) is 0.515. The van der Waals surface area contributed by atoms with E-state index in [9.17, 15) is 22.4 Å². The Morgan fingerprint density at radius 2 is 2.00 bits per heavy atom. The zero-order chi connectivity index (χ0) is 15.5. The number of benzene rings is 1. The van der Waals surface area contributed by atoms with Crippen LogP contribution in [0.25, 0.3) is 0 Å². The largest absolute Gasteiger partial charge is 0.487 e. The molecular formula is C12H13F4NO3. The van der Waals surface area contributed by atoms with E-state index in [0.717, 1.165) is 13.2 Å². The Morgan fingerprint density at radius 1 is 1.40 bits per heavy atom. The minimum atomic E-state index is -4.28. The molecule has 0 aliphatic carbocycles. The fourth-order valence-corrected chi connectivity index (χ4v) is 1.37. The van der Waals surface area contributed by atoms with Gasteiger partial charge in [0.1, 0.15) is 5.75 Å². The highest BCUT2D eigenvalue weighted by Crippen LogP contribution is 2.28. The van der Waals surface area contributed by atoms with Gasteiger partial charge in [-0.2, -0.15) is 8.78 Å². The van der Waals surface area contributed by atoms with Gasteiger partial charge in [-0.05, 0) is 24.6 Å². The van der Waals surface area contributed by atoms with Gasteiger partial charge in [0.25, 0.3) is 0 Å². The number of ether oxygens (including phenoxy) is 2. The number of aryl methyl sites for hydroxylation is 1. The summed E-state index contributed by atoms with van der Waals surface area (Å²) in [4.78, 5) is 11.4. The van der Waals surface area contributed by atoms with Crippen LogP contribution in [0.5, 0.6) is 5.75 Å². The first kappa shape index (κ1) is 16.1. The van der Waals surface area contributed by atoms with Crippen LogP contribution in [0.15, 0.2) is 12.1 Å². The number of hydrogen-bond donors (Lipinski definition) is 1. The summed E-state index contributed by atoms with van der Waals surface area (Å²) in [6.07, 6.45) is -3.84. The summed E-state index contributed by atoms with van der Waals surface area (Å²) in [6.45, 7) is 0.00846. The van der Waals surface area contributed by atoms with Crippen LogP contribution < -0.4 is 10.5 Å². The second-order valence-corrected chi connectivity index (χ2v) is 4.04. The molecule has 1 aromatic carbocycles. The molecule has 0 atom stereocenters. The molecule has 0 radical (unpaired) electrons. The van der Waals surface area contributed by atoms with E-state index in [1.54, 1.807) is 0 Å². The van der Waals surface area contributed by atoms with Crippen LogP contribution in [0, 0.1) is 6.92 Å². The van der Waals surface area contributed by atoms with Gasteiger partial charge in [-0.25, -0.2) is 13.6 Å². The highest BCUT2D eigenvalue weighted by molar-refractivity contribution is 5.96. The molecule has 0 unspecified atom stereocenters. The summed E-state index contributed by atoms with van der Waals surface area (Å²) in [5, 5.41) is 0. The summed E-state index contributed by atoms with van der Waals surface area (Å²) in [7, 11) is 1.12. The van der Waals surface area contributed by atoms with E-state index in [0.29, 0.717) is 5.56 Å². The summed E-state index contributed by atoms with van der Waals surface area (Å²) in [6, 6.07) is 2.33. The molecular weight excluding hydrogens is 282 g/mol. The van der Waals surface area contributed by atoms with Gasteiger partial charge in [0, 0.05) is 5.69 Å². The minimum absolute atomic E-state index is 0.0807. The lowest BCUT2D eigenvalue weighted by Gasteiger charge is -2.17. The number of carbonyl (C=O) groups is 1. The summed E-state index contributed by atoms with van der Waals surface area (Å²) < 4.78 is 58.6. The predicted molar refractivity (Wildman–Crippen MR) is 63.4 cm³/mol. The maximum atomic E-state index is 12.7. The van der Waals surface area contributed by atoms with Gasteiger partial charge in [-0.1, -0.05) is 0 Å². The second kappa shape index (κ2) is 5.98. The molecule has 0 spiro atoms. The van der Waals surface area contributed by atoms with Crippen molar-refractivity contribution in [2.45, 2.75) is 19.3 Å². The Labute approximate surface area is 112 Å². The number of hydrogen-bond acceptors (Lipinski definition) is 4. The van der Waals surface area contributed by atoms with E-state index >= 15 is 0 Å². The molecule has 0 aliphatic heterocycles. The first-order valence-corrected chi connectivity index (χ1v) is 5.46. The molecule has 0 fully saturated rings. The molecule has 0 saturated carbocycles. The Balaban J connectivity index is 2.98. The Bertz CT molecular complexity index is 506. The van der Waals surface area contributed by atoms with Crippen molar-refractivity contribution in [3.63, 3.8) is 0 Å². The van der Waals surface area contributed by atoms with E-state index in [2.05, 4.69) is 9.47 Å². The summed E-state index contributed by atoms with van der Waals surface area (Å²) in [5.74, 6) is -5.23. The fourth-order valence-electron chi connectivity index (χ4n) is 1.37. The molecule has 0 heterocycles. The average Bonchev–Trinajstić information content (AvgIpc) is 2.38. The lowest BCUT2D eigenvalue weighted by molar-refractivity contribution is -0.148. The predicted octanol–water partition coefficient (Wildman–Crippen LogP) is 2.64. The Morgan fingerprint density at radius 3 is 2.50 bits per heavy atom. The van der Waals surface area contributed by atoms with E-state index < -0.39 is 24.9 Å². The van der Waals surface area contributed by atoms with E-state index in [1.165, 1.54) is 13.0 Å². The first-order chi connectivity index (χ1) is 9.19. The monoisotopic (exact) mass is 295 g/mol. The van der Waals surface area contributed by atoms with Gasteiger partial charge in [-0.3, -0.25) is 0 Å². The minimum Gasteiger partial charge on any atom is -0.487 e. The number of esters is 1. The van der Waals surface area contributed by atoms with Crippen LogP contribution in [-0.4, -0.2) is 32.0 Å². The molecule has 0 aliphatic rings. The van der Waals surface area contributed by atoms with Gasteiger partial charge < -0.3 is 15.2 Å². The van der Waals surface area contributed by atoms with Crippen molar-refractivity contribution in [1.29, 1.82) is 0 Å². The van der Waals surface area contributed by atoms with E-state index in [4.69, 9.17) is 5.73 Å². The fraction of sp³-hybridized carbons (Fsp3) is 0.417. The van der Waals surface area contributed by atoms with Gasteiger partial charge in [-0.15, -0.1) is 0 Å². The molecule has 4 nitrogen and oxygen atoms in total. The number of alkyl halides is 4. The van der Waals surface area contributed by atoms with Crippen LogP contribution in [0.3, 0.4) is 0 Å². The smallest absolute Gasteiger partial charge is 0.340 e. The molecule has 20 heavy (non-hydrogen) atoms. The average molecular weight is 295 g/mol. The molecule has 8 heteroatoms. The maximum absolute atomic E-state index is 12.7. The van der Waals surface area contributed by atoms with E-state index in [-0.39, 0.29) is 17.0 Å². The second-order valence-electron chi connectivity index (χ2n) is 4.04. The third-order valence-electron chi connectivity index (χ3n) is 2.52. The summed E-state index contributed by atoms with van der Waals surface area (Å²) >= 11 is 0. The van der Waals surface area contributed by atoms with Crippen molar-refractivity contribution >= 4 is 11.7 Å². The molecule has 1 aromatic rings. The van der Waals surface area contributed by atoms with Crippen molar-refractivity contribution in [3.05, 3.63) is 23.3 Å². The molecule has 0 aromatic heterocycles. The van der Waals surface area contributed by atoms with Gasteiger partial charge in [0.2, 0.25) is 0 Å². The third kappa shape index (κ3) is 3.52. The van der Waals surface area contributed by atoms with Crippen LogP contribution in [0.2, 0.25) is 0 Å². The number of carbonyl (C=O) groups excluding carboxylic acids is 1. The SMILES string of the molecule is COC(=O)c1cc(OCC(F)(F)C(F)F)cc(C)c1N. The highest BCUT2D eigenvalue weighted by atomic mass is 19.3. The van der Waals surface area contributed by atoms with Crippen LogP contribution in [0.1, 0.15) is 15.9 Å². The normalized spacial score (nSPS) is 11.6. The van der Waals surface area contributed by atoms with Crippen molar-refractivity contribution < 1.29 is 31.8 Å². The van der Waals surface area contributed by atoms with Gasteiger partial charge in [0.15, 0.2) is 6.61 Å². The Hall–Kier alpha value is -1.99. The number of methoxy groups -OCH3 is 1. The molecule has 2 N–H and O–H groups in total. The molecule has 1 rings (SSSR count). The molecule has 0 saturated heterocycles. The Kier molecular flexibility index (Phi) is 4.80. The molecule has 0 amide bonds. The van der Waals surface area contributed by atoms with Crippen LogP contribution in [0.4, 0.5) is 23.2 Å². The van der Waals surface area contributed by atoms with Crippen LogP contribution in [-0.2, 0) is 4.74 Å². The lowest BCUT2D eigenvalue weighted by Crippen LogP contribution is -2.33. The van der Waals surface area contributed by atoms with Crippen LogP contribution >= 0.6 is 0 Å². The number of nitrogen functional groups attached to an aromatic ring is 1. The maximum Gasteiger partial charge on any atom is 0.340 e. The number of anilines is 1. The number of rotatable bonds is 5. The zero-order valence-corrected chi connectivity index (χ0v) is 10.8. The number of halogens is 4. The first-order valence-electron chi connectivity index (χ1n) is 5.46.